The lowest BCUT2D eigenvalue weighted by Crippen LogP contribution is -2.16. The maximum atomic E-state index is 10.7. The van der Waals surface area contributed by atoms with Gasteiger partial charge in [-0.2, -0.15) is 0 Å². The number of carboxylic acids is 1. The van der Waals surface area contributed by atoms with E-state index in [4.69, 9.17) is 10.8 Å². The van der Waals surface area contributed by atoms with E-state index in [1.165, 1.54) is 7.05 Å². The van der Waals surface area contributed by atoms with E-state index in [1.54, 1.807) is 0 Å². The van der Waals surface area contributed by atoms with Crippen molar-refractivity contribution in [1.29, 1.82) is 0 Å². The maximum Gasteiger partial charge on any atom is 0.356 e. The normalized spacial score (nSPS) is 9.91. The number of hydrogen-bond acceptors (Lipinski definition) is 3. The zero-order valence-electron chi connectivity index (χ0n) is 5.79. The van der Waals surface area contributed by atoms with Crippen LogP contribution in [0.3, 0.4) is 0 Å². The second-order valence-corrected chi connectivity index (χ2v) is 2.06. The van der Waals surface area contributed by atoms with Gasteiger partial charge in [0.15, 0.2) is 5.69 Å². The largest absolute Gasteiger partial charge is 0.476 e. The van der Waals surface area contributed by atoms with Crippen LogP contribution in [0.1, 0.15) is 10.5 Å². The second kappa shape index (κ2) is 2.15. The summed E-state index contributed by atoms with van der Waals surface area (Å²) < 4.78 is 0.942. The van der Waals surface area contributed by atoms with Crippen LogP contribution in [0, 0.1) is 0 Å². The zero-order chi connectivity index (χ0) is 8.59. The van der Waals surface area contributed by atoms with Crippen molar-refractivity contribution < 1.29 is 9.90 Å². The summed E-state index contributed by atoms with van der Waals surface area (Å²) in [5.74, 6) is -1.34. The van der Waals surface area contributed by atoms with E-state index >= 15 is 0 Å². The minimum atomic E-state index is -1.22. The van der Waals surface area contributed by atoms with Gasteiger partial charge < -0.3 is 10.8 Å². The molecule has 0 atom stereocenters. The number of aromatic carboxylic acids is 1. The number of aromatic amines is 1. The number of nitrogens with two attached hydrogens (primary N) is 1. The molecule has 0 bridgehead atoms. The summed E-state index contributed by atoms with van der Waals surface area (Å²) in [5, 5.41) is 8.50. The number of rotatable bonds is 1. The number of carboxylic acid groups (broad SMARTS) is 1. The first kappa shape index (κ1) is 7.39. The third-order valence-corrected chi connectivity index (χ3v) is 1.34. The van der Waals surface area contributed by atoms with Crippen LogP contribution in [-0.2, 0) is 7.05 Å². The molecule has 11 heavy (non-hydrogen) atoms. The summed E-state index contributed by atoms with van der Waals surface area (Å²) in [7, 11) is 1.33. The van der Waals surface area contributed by atoms with Crippen LogP contribution in [0.4, 0.5) is 5.82 Å². The third kappa shape index (κ3) is 0.977. The molecule has 6 heteroatoms. The summed E-state index contributed by atoms with van der Waals surface area (Å²) in [4.78, 5) is 23.3. The fourth-order valence-corrected chi connectivity index (χ4v) is 0.799. The molecule has 0 aliphatic carbocycles. The van der Waals surface area contributed by atoms with Gasteiger partial charge in [-0.3, -0.25) is 9.55 Å². The molecule has 1 rings (SSSR count). The van der Waals surface area contributed by atoms with Gasteiger partial charge in [-0.05, 0) is 0 Å². The Hall–Kier alpha value is -1.72. The first-order valence-corrected chi connectivity index (χ1v) is 2.81. The number of aromatic nitrogens is 2. The lowest BCUT2D eigenvalue weighted by molar-refractivity contribution is 0.0687. The first-order valence-electron chi connectivity index (χ1n) is 2.81. The molecule has 60 valence electrons. The topological polar surface area (TPSA) is 101 Å². The molecule has 0 fully saturated rings. The number of anilines is 1. The molecule has 0 spiro atoms. The van der Waals surface area contributed by atoms with E-state index in [2.05, 4.69) is 4.98 Å². The number of nitrogen functional groups attached to an aromatic ring is 1. The van der Waals surface area contributed by atoms with Gasteiger partial charge in [0, 0.05) is 7.05 Å². The number of carbonyl (C=O) groups is 1. The van der Waals surface area contributed by atoms with Crippen LogP contribution in [0.25, 0.3) is 0 Å². The van der Waals surface area contributed by atoms with Crippen molar-refractivity contribution in [2.75, 3.05) is 5.73 Å². The maximum absolute atomic E-state index is 10.7. The smallest absolute Gasteiger partial charge is 0.356 e. The van der Waals surface area contributed by atoms with Crippen molar-refractivity contribution in [3.63, 3.8) is 0 Å². The van der Waals surface area contributed by atoms with Gasteiger partial charge in [0.25, 0.3) is 0 Å². The number of imidazole rings is 1. The molecule has 0 saturated carbocycles. The summed E-state index contributed by atoms with van der Waals surface area (Å²) in [6, 6.07) is 0. The number of hydrogen-bond donors (Lipinski definition) is 3. The lowest BCUT2D eigenvalue weighted by Gasteiger charge is -1.93. The summed E-state index contributed by atoms with van der Waals surface area (Å²) in [5.41, 5.74) is 4.45. The van der Waals surface area contributed by atoms with Gasteiger partial charge >= 0.3 is 11.7 Å². The summed E-state index contributed by atoms with van der Waals surface area (Å²) in [6.45, 7) is 0. The predicted octanol–water partition coefficient (Wildman–Crippen LogP) is -1.01. The first-order chi connectivity index (χ1) is 5.04. The van der Waals surface area contributed by atoms with E-state index in [1.807, 2.05) is 0 Å². The molecular weight excluding hydrogens is 150 g/mol. The Kier molecular flexibility index (Phi) is 1.45. The molecule has 1 heterocycles. The fraction of sp³-hybridized carbons (Fsp3) is 0.200. The van der Waals surface area contributed by atoms with E-state index in [0.717, 1.165) is 4.57 Å². The average Bonchev–Trinajstić information content (AvgIpc) is 2.07. The molecule has 4 N–H and O–H groups in total. The Morgan fingerprint density at radius 1 is 1.73 bits per heavy atom. The van der Waals surface area contributed by atoms with Gasteiger partial charge in [-0.15, -0.1) is 0 Å². The van der Waals surface area contributed by atoms with Gasteiger partial charge in [0.2, 0.25) is 0 Å². The van der Waals surface area contributed by atoms with Crippen LogP contribution in [0.5, 0.6) is 0 Å². The lowest BCUT2D eigenvalue weighted by atomic mass is 10.4. The van der Waals surface area contributed by atoms with Crippen molar-refractivity contribution in [2.24, 2.45) is 7.05 Å². The SMILES string of the molecule is Cn1c(C(=O)O)c(N)[nH]c1=O. The van der Waals surface area contributed by atoms with Crippen LogP contribution < -0.4 is 11.4 Å². The zero-order valence-corrected chi connectivity index (χ0v) is 5.79. The Morgan fingerprint density at radius 3 is 2.45 bits per heavy atom. The highest BCUT2D eigenvalue weighted by Gasteiger charge is 2.14. The molecule has 6 nitrogen and oxygen atoms in total. The van der Waals surface area contributed by atoms with Crippen molar-refractivity contribution >= 4 is 11.8 Å². The Morgan fingerprint density at radius 2 is 2.27 bits per heavy atom. The molecule has 0 amide bonds. The van der Waals surface area contributed by atoms with Crippen molar-refractivity contribution in [3.8, 4) is 0 Å². The highest BCUT2D eigenvalue weighted by Crippen LogP contribution is 2.02. The van der Waals surface area contributed by atoms with E-state index in [-0.39, 0.29) is 11.5 Å². The third-order valence-electron chi connectivity index (χ3n) is 1.34. The molecule has 0 aliphatic rings. The molecule has 0 radical (unpaired) electrons. The molecule has 0 aliphatic heterocycles. The molecule has 0 aromatic carbocycles. The second-order valence-electron chi connectivity index (χ2n) is 2.06. The van der Waals surface area contributed by atoms with Crippen molar-refractivity contribution in [3.05, 3.63) is 16.2 Å². The number of H-pyrrole nitrogens is 1. The van der Waals surface area contributed by atoms with Crippen LogP contribution in [0.2, 0.25) is 0 Å². The minimum absolute atomic E-state index is 0.120. The van der Waals surface area contributed by atoms with Gasteiger partial charge in [0.05, 0.1) is 0 Å². The van der Waals surface area contributed by atoms with Crippen LogP contribution in [-0.4, -0.2) is 20.6 Å². The average molecular weight is 157 g/mol. The van der Waals surface area contributed by atoms with Gasteiger partial charge in [-0.25, -0.2) is 9.59 Å². The molecule has 0 unspecified atom stereocenters. The van der Waals surface area contributed by atoms with Crippen molar-refractivity contribution in [2.45, 2.75) is 0 Å². The molecule has 0 saturated heterocycles. The Balaban J connectivity index is 3.46. The van der Waals surface area contributed by atoms with E-state index < -0.39 is 11.7 Å². The van der Waals surface area contributed by atoms with Crippen LogP contribution >= 0.6 is 0 Å². The summed E-state index contributed by atoms with van der Waals surface area (Å²) in [6.07, 6.45) is 0. The van der Waals surface area contributed by atoms with Gasteiger partial charge in [-0.1, -0.05) is 0 Å². The highest BCUT2D eigenvalue weighted by atomic mass is 16.4. The number of nitrogens with one attached hydrogen (secondary N) is 1. The Labute approximate surface area is 61.3 Å². The fourth-order valence-electron chi connectivity index (χ4n) is 0.799. The van der Waals surface area contributed by atoms with Gasteiger partial charge in [0.1, 0.15) is 5.82 Å². The standard InChI is InChI=1S/C5H7N3O3/c1-8-2(4(9)10)3(6)7-5(8)11/h6H2,1H3,(H,7,11)(H,9,10). The van der Waals surface area contributed by atoms with Crippen molar-refractivity contribution in [1.82, 2.24) is 9.55 Å². The molecular formula is C5H7N3O3. The van der Waals surface area contributed by atoms with Crippen LogP contribution in [0.15, 0.2) is 4.79 Å². The van der Waals surface area contributed by atoms with E-state index in [0.29, 0.717) is 0 Å². The molecule has 1 aromatic heterocycles. The summed E-state index contributed by atoms with van der Waals surface area (Å²) >= 11 is 0. The quantitative estimate of drug-likeness (QED) is 0.486. The predicted molar refractivity (Wildman–Crippen MR) is 37.4 cm³/mol. The molecule has 1 aromatic rings. The highest BCUT2D eigenvalue weighted by molar-refractivity contribution is 5.90. The minimum Gasteiger partial charge on any atom is -0.476 e. The Bertz CT molecular complexity index is 348. The van der Waals surface area contributed by atoms with E-state index in [9.17, 15) is 9.59 Å². The number of nitrogens with zero attached hydrogens (tertiary/aromatic N) is 1. The monoisotopic (exact) mass is 157 g/mol.